The summed E-state index contributed by atoms with van der Waals surface area (Å²) >= 11 is 0. The maximum atomic E-state index is 4.03. The average Bonchev–Trinajstić information content (AvgIpc) is 2.44. The largest absolute Gasteiger partial charge is 0.0984 e. The first-order valence-electron chi connectivity index (χ1n) is 6.96. The molecule has 0 aromatic heterocycles. The molecule has 0 atom stereocenters. The van der Waals surface area contributed by atoms with Crippen molar-refractivity contribution in [3.05, 3.63) is 53.1 Å². The predicted octanol–water partition coefficient (Wildman–Crippen LogP) is 5.17. The van der Waals surface area contributed by atoms with Crippen LogP contribution in [-0.2, 0) is 19.3 Å². The molecule has 2 aromatic rings. The first-order valence-corrected chi connectivity index (χ1v) is 6.96. The van der Waals surface area contributed by atoms with Crippen molar-refractivity contribution in [3.63, 3.8) is 0 Å². The molecule has 0 heterocycles. The van der Waals surface area contributed by atoms with Crippen molar-refractivity contribution in [2.24, 2.45) is 0 Å². The summed E-state index contributed by atoms with van der Waals surface area (Å²) in [6, 6.07) is 8.80. The Labute approximate surface area is 110 Å². The van der Waals surface area contributed by atoms with Crippen molar-refractivity contribution in [2.75, 3.05) is 0 Å². The first kappa shape index (κ1) is 12.9. The monoisotopic (exact) mass is 238 g/mol. The maximum absolute atomic E-state index is 4.03. The molecule has 0 N–H and O–H groups in total. The fraction of sp³-hybridized carbons (Fsp3) is 0.333. The molecule has 0 amide bonds. The number of hydrogen-bond acceptors (Lipinski definition) is 0. The normalized spacial score (nSPS) is 10.8. The van der Waals surface area contributed by atoms with Crippen LogP contribution in [0, 0.1) is 0 Å². The van der Waals surface area contributed by atoms with Gasteiger partial charge >= 0.3 is 0 Å². The molecule has 0 bridgehead atoms. The van der Waals surface area contributed by atoms with Crippen molar-refractivity contribution in [1.29, 1.82) is 0 Å². The number of fused-ring (bicyclic) bond motifs is 1. The van der Waals surface area contributed by atoms with Gasteiger partial charge in [-0.3, -0.25) is 0 Å². The summed E-state index contributed by atoms with van der Waals surface area (Å²) in [5, 5.41) is 2.84. The highest BCUT2D eigenvalue weighted by atomic mass is 14.2. The standard InChI is InChI=1S/C18H22/c1-5-13-14(6-2)16(8-4)18-12-10-9-11-17(18)15(13)7-3/h5,9-12H,1,6-8H2,2-4H3. The Bertz CT molecular complexity index is 576. The van der Waals surface area contributed by atoms with Crippen LogP contribution < -0.4 is 0 Å². The highest BCUT2D eigenvalue weighted by Gasteiger charge is 2.13. The Morgan fingerprint density at radius 1 is 0.833 bits per heavy atom. The molecule has 2 aromatic carbocycles. The summed E-state index contributed by atoms with van der Waals surface area (Å²) in [6.07, 6.45) is 5.29. The smallest absolute Gasteiger partial charge is 0.0143 e. The molecule has 0 nitrogen and oxygen atoms in total. The van der Waals surface area contributed by atoms with E-state index in [-0.39, 0.29) is 0 Å². The topological polar surface area (TPSA) is 0 Å². The van der Waals surface area contributed by atoms with E-state index in [0.717, 1.165) is 19.3 Å². The average molecular weight is 238 g/mol. The highest BCUT2D eigenvalue weighted by molar-refractivity contribution is 5.93. The van der Waals surface area contributed by atoms with Gasteiger partial charge in [-0.2, -0.15) is 0 Å². The van der Waals surface area contributed by atoms with Crippen molar-refractivity contribution >= 4 is 16.8 Å². The van der Waals surface area contributed by atoms with E-state index in [0.29, 0.717) is 0 Å². The fourth-order valence-electron chi connectivity index (χ4n) is 3.10. The molecule has 18 heavy (non-hydrogen) atoms. The molecule has 0 heteroatoms. The van der Waals surface area contributed by atoms with Crippen molar-refractivity contribution in [2.45, 2.75) is 40.0 Å². The Morgan fingerprint density at radius 2 is 1.33 bits per heavy atom. The summed E-state index contributed by atoms with van der Waals surface area (Å²) in [5.74, 6) is 0. The van der Waals surface area contributed by atoms with Crippen LogP contribution in [0.15, 0.2) is 30.8 Å². The predicted molar refractivity (Wildman–Crippen MR) is 82.2 cm³/mol. The fourth-order valence-corrected chi connectivity index (χ4v) is 3.10. The van der Waals surface area contributed by atoms with Crippen molar-refractivity contribution in [3.8, 4) is 0 Å². The zero-order chi connectivity index (χ0) is 13.1. The third-order valence-corrected chi connectivity index (χ3v) is 3.86. The molecule has 0 fully saturated rings. The second-order valence-corrected chi connectivity index (χ2v) is 4.66. The van der Waals surface area contributed by atoms with E-state index < -0.39 is 0 Å². The second-order valence-electron chi connectivity index (χ2n) is 4.66. The number of hydrogen-bond donors (Lipinski definition) is 0. The van der Waals surface area contributed by atoms with Gasteiger partial charge in [-0.05, 0) is 52.3 Å². The summed E-state index contributed by atoms with van der Waals surface area (Å²) in [4.78, 5) is 0. The first-order chi connectivity index (χ1) is 8.78. The van der Waals surface area contributed by atoms with Crippen LogP contribution in [0.5, 0.6) is 0 Å². The molecule has 0 aliphatic rings. The lowest BCUT2D eigenvalue weighted by Gasteiger charge is -2.19. The van der Waals surface area contributed by atoms with Crippen molar-refractivity contribution in [1.82, 2.24) is 0 Å². The van der Waals surface area contributed by atoms with Crippen LogP contribution in [0.4, 0.5) is 0 Å². The molecule has 0 unspecified atom stereocenters. The summed E-state index contributed by atoms with van der Waals surface area (Å²) in [5.41, 5.74) is 5.81. The van der Waals surface area contributed by atoms with Gasteiger partial charge in [-0.25, -0.2) is 0 Å². The van der Waals surface area contributed by atoms with E-state index in [1.165, 1.54) is 33.0 Å². The summed E-state index contributed by atoms with van der Waals surface area (Å²) < 4.78 is 0. The Balaban J connectivity index is 2.99. The number of benzene rings is 2. The summed E-state index contributed by atoms with van der Waals surface area (Å²) in [6.45, 7) is 10.8. The van der Waals surface area contributed by atoms with Crippen LogP contribution in [0.1, 0.15) is 43.0 Å². The zero-order valence-corrected chi connectivity index (χ0v) is 11.7. The lowest BCUT2D eigenvalue weighted by atomic mass is 9.86. The molecule has 0 radical (unpaired) electrons. The van der Waals surface area contributed by atoms with E-state index in [2.05, 4.69) is 51.6 Å². The molecule has 2 rings (SSSR count). The Hall–Kier alpha value is -1.56. The summed E-state index contributed by atoms with van der Waals surface area (Å²) in [7, 11) is 0. The van der Waals surface area contributed by atoms with Gasteiger partial charge in [0.25, 0.3) is 0 Å². The lowest BCUT2D eigenvalue weighted by Crippen LogP contribution is -2.02. The molecular formula is C18H22. The van der Waals surface area contributed by atoms with Gasteiger partial charge in [0, 0.05) is 0 Å². The number of aryl methyl sites for hydroxylation is 2. The SMILES string of the molecule is C=Cc1c(CC)c(CC)c2ccccc2c1CC. The molecule has 0 saturated heterocycles. The van der Waals surface area contributed by atoms with Crippen LogP contribution >= 0.6 is 0 Å². The van der Waals surface area contributed by atoms with E-state index in [1.54, 1.807) is 0 Å². The molecular weight excluding hydrogens is 216 g/mol. The van der Waals surface area contributed by atoms with Gasteiger partial charge in [-0.15, -0.1) is 0 Å². The van der Waals surface area contributed by atoms with E-state index >= 15 is 0 Å². The number of rotatable bonds is 4. The third-order valence-electron chi connectivity index (χ3n) is 3.86. The minimum Gasteiger partial charge on any atom is -0.0984 e. The van der Waals surface area contributed by atoms with Gasteiger partial charge in [-0.1, -0.05) is 57.7 Å². The van der Waals surface area contributed by atoms with Gasteiger partial charge in [0.05, 0.1) is 0 Å². The van der Waals surface area contributed by atoms with Gasteiger partial charge in [0.15, 0.2) is 0 Å². The van der Waals surface area contributed by atoms with Crippen LogP contribution in [0.3, 0.4) is 0 Å². The Morgan fingerprint density at radius 3 is 1.78 bits per heavy atom. The quantitative estimate of drug-likeness (QED) is 0.689. The van der Waals surface area contributed by atoms with Crippen LogP contribution in [0.2, 0.25) is 0 Å². The zero-order valence-electron chi connectivity index (χ0n) is 11.7. The van der Waals surface area contributed by atoms with Crippen molar-refractivity contribution < 1.29 is 0 Å². The molecule has 0 aliphatic carbocycles. The van der Waals surface area contributed by atoms with Gasteiger partial charge in [0.2, 0.25) is 0 Å². The Kier molecular flexibility index (Phi) is 3.86. The highest BCUT2D eigenvalue weighted by Crippen LogP contribution is 2.32. The van der Waals surface area contributed by atoms with E-state index in [4.69, 9.17) is 0 Å². The molecule has 94 valence electrons. The third kappa shape index (κ3) is 1.86. The second kappa shape index (κ2) is 5.39. The molecule has 0 saturated carbocycles. The van der Waals surface area contributed by atoms with E-state index in [9.17, 15) is 0 Å². The van der Waals surface area contributed by atoms with Gasteiger partial charge in [0.1, 0.15) is 0 Å². The molecule has 0 aliphatic heterocycles. The van der Waals surface area contributed by atoms with Gasteiger partial charge < -0.3 is 0 Å². The maximum Gasteiger partial charge on any atom is -0.0143 e. The lowest BCUT2D eigenvalue weighted by molar-refractivity contribution is 1.03. The minimum atomic E-state index is 1.07. The van der Waals surface area contributed by atoms with Crippen LogP contribution in [-0.4, -0.2) is 0 Å². The minimum absolute atomic E-state index is 1.07. The molecule has 0 spiro atoms. The van der Waals surface area contributed by atoms with Crippen LogP contribution in [0.25, 0.3) is 16.8 Å². The van der Waals surface area contributed by atoms with E-state index in [1.807, 2.05) is 6.08 Å².